The van der Waals surface area contributed by atoms with Crippen molar-refractivity contribution in [2.24, 2.45) is 15.9 Å². The Hall–Kier alpha value is -2.75. The van der Waals surface area contributed by atoms with Crippen molar-refractivity contribution in [2.75, 3.05) is 7.05 Å². The Morgan fingerprint density at radius 2 is 2.00 bits per heavy atom. The molecule has 0 saturated carbocycles. The lowest BCUT2D eigenvalue weighted by Gasteiger charge is -2.22. The van der Waals surface area contributed by atoms with E-state index in [1.165, 1.54) is 22.3 Å². The van der Waals surface area contributed by atoms with Gasteiger partial charge < -0.3 is 5.32 Å². The molecule has 1 N–H and O–H groups in total. The monoisotopic (exact) mass is 375 g/mol. The number of hydrogen-bond acceptors (Lipinski definition) is 3. The molecule has 0 amide bonds. The number of aliphatic imine (C=N–C) groups is 2. The normalized spacial score (nSPS) is 25.3. The van der Waals surface area contributed by atoms with Crippen LogP contribution in [0.25, 0.3) is 5.57 Å². The predicted octanol–water partition coefficient (Wildman–Crippen LogP) is 5.43. The van der Waals surface area contributed by atoms with Gasteiger partial charge in [-0.25, -0.2) is 9.38 Å². The highest BCUT2D eigenvalue weighted by molar-refractivity contribution is 6.01. The third-order valence-corrected chi connectivity index (χ3v) is 5.62. The number of nitrogens with one attached hydrogen (secondary N) is 1. The summed E-state index contributed by atoms with van der Waals surface area (Å²) in [7, 11) is 1.93. The maximum Gasteiger partial charge on any atom is 0.133 e. The lowest BCUT2D eigenvalue weighted by molar-refractivity contribution is 0.590. The molecular formula is C24H26FN3. The second-order valence-electron chi connectivity index (χ2n) is 7.53. The molecule has 0 spiro atoms. The van der Waals surface area contributed by atoms with Gasteiger partial charge in [-0.05, 0) is 67.0 Å². The molecule has 1 unspecified atom stereocenters. The van der Waals surface area contributed by atoms with E-state index >= 15 is 0 Å². The molecule has 144 valence electrons. The maximum atomic E-state index is 13.4. The molecule has 3 aliphatic rings. The summed E-state index contributed by atoms with van der Waals surface area (Å²) in [6, 6.07) is 4.51. The summed E-state index contributed by atoms with van der Waals surface area (Å²) in [6.07, 6.45) is 15.8. The van der Waals surface area contributed by atoms with Crippen molar-refractivity contribution in [1.82, 2.24) is 5.32 Å². The summed E-state index contributed by atoms with van der Waals surface area (Å²) >= 11 is 0. The first kappa shape index (κ1) is 18.6. The molecule has 4 heteroatoms. The van der Waals surface area contributed by atoms with E-state index < -0.39 is 0 Å². The van der Waals surface area contributed by atoms with E-state index in [1.54, 1.807) is 6.08 Å². The summed E-state index contributed by atoms with van der Waals surface area (Å²) < 4.78 is 13.4. The number of rotatable bonds is 2. The van der Waals surface area contributed by atoms with Crippen LogP contribution >= 0.6 is 0 Å². The third kappa shape index (κ3) is 3.77. The maximum absolute atomic E-state index is 13.4. The number of amidine groups is 1. The summed E-state index contributed by atoms with van der Waals surface area (Å²) in [5.41, 5.74) is 7.19. The lowest BCUT2D eigenvalue weighted by Crippen LogP contribution is -2.24. The van der Waals surface area contributed by atoms with Crippen molar-refractivity contribution >= 4 is 17.6 Å². The summed E-state index contributed by atoms with van der Waals surface area (Å²) in [4.78, 5) is 9.27. The first-order valence-electron chi connectivity index (χ1n) is 10.00. The van der Waals surface area contributed by atoms with Gasteiger partial charge in [-0.3, -0.25) is 4.99 Å². The molecule has 1 atom stereocenters. The Morgan fingerprint density at radius 1 is 1.11 bits per heavy atom. The molecule has 0 saturated heterocycles. The van der Waals surface area contributed by atoms with E-state index in [9.17, 15) is 4.39 Å². The number of hydrogen-bond donors (Lipinski definition) is 1. The van der Waals surface area contributed by atoms with Crippen LogP contribution in [0.1, 0.15) is 47.9 Å². The van der Waals surface area contributed by atoms with Gasteiger partial charge in [-0.15, -0.1) is 0 Å². The van der Waals surface area contributed by atoms with Crippen LogP contribution in [0.15, 0.2) is 64.1 Å². The molecule has 1 aromatic rings. The third-order valence-electron chi connectivity index (χ3n) is 5.62. The van der Waals surface area contributed by atoms with Gasteiger partial charge >= 0.3 is 0 Å². The molecule has 2 aliphatic heterocycles. The largest absolute Gasteiger partial charge is 0.373 e. The molecule has 2 heterocycles. The smallest absolute Gasteiger partial charge is 0.133 e. The fourth-order valence-corrected chi connectivity index (χ4v) is 4.08. The molecule has 3 nitrogen and oxygen atoms in total. The van der Waals surface area contributed by atoms with E-state index in [4.69, 9.17) is 4.99 Å². The SMILES string of the molecule is CN/C1=N/C(C2C=NC=CC2)=C/CCc2cc(C3=CC=C(F)CC3)c(C)cc21. The van der Waals surface area contributed by atoms with Crippen molar-refractivity contribution in [3.63, 3.8) is 0 Å². The highest BCUT2D eigenvalue weighted by atomic mass is 19.1. The summed E-state index contributed by atoms with van der Waals surface area (Å²) in [6.45, 7) is 2.13. The standard InChI is InChI=1S/C24H26FN3/c1-16-13-22-18(14-21(16)17-8-10-20(25)11-9-17)5-3-7-23(28-24(22)26-2)19-6-4-12-27-15-19/h4,7-8,10,12-15,19H,3,5-6,9,11H2,1-2H3,(H,26,28)/b23-7+. The molecule has 1 aliphatic carbocycles. The molecule has 0 aromatic heterocycles. The van der Waals surface area contributed by atoms with Gasteiger partial charge in [0.15, 0.2) is 0 Å². The average Bonchev–Trinajstić information content (AvgIpc) is 2.71. The molecule has 0 radical (unpaired) electrons. The molecule has 4 rings (SSSR count). The number of fused-ring (bicyclic) bond motifs is 1. The molecular weight excluding hydrogens is 349 g/mol. The Labute approximate surface area is 166 Å². The molecule has 1 aromatic carbocycles. The van der Waals surface area contributed by atoms with Crippen LogP contribution in [0.5, 0.6) is 0 Å². The van der Waals surface area contributed by atoms with Gasteiger partial charge in [0.25, 0.3) is 0 Å². The topological polar surface area (TPSA) is 36.8 Å². The van der Waals surface area contributed by atoms with E-state index in [2.05, 4.69) is 41.5 Å². The van der Waals surface area contributed by atoms with E-state index in [0.717, 1.165) is 42.8 Å². The van der Waals surface area contributed by atoms with Crippen LogP contribution in [-0.4, -0.2) is 19.1 Å². The Kier molecular flexibility index (Phi) is 5.38. The van der Waals surface area contributed by atoms with Crippen LogP contribution in [-0.2, 0) is 6.42 Å². The van der Waals surface area contributed by atoms with Crippen molar-refractivity contribution in [1.29, 1.82) is 0 Å². The van der Waals surface area contributed by atoms with Gasteiger partial charge in [0.2, 0.25) is 0 Å². The fraction of sp³-hybridized carbons (Fsp3) is 0.333. The second-order valence-corrected chi connectivity index (χ2v) is 7.53. The number of aryl methyl sites for hydroxylation is 2. The molecule has 0 fully saturated rings. The zero-order valence-electron chi connectivity index (χ0n) is 16.5. The van der Waals surface area contributed by atoms with Crippen molar-refractivity contribution in [2.45, 2.75) is 39.0 Å². The number of benzene rings is 1. The fourth-order valence-electron chi connectivity index (χ4n) is 4.08. The second kappa shape index (κ2) is 8.09. The van der Waals surface area contributed by atoms with Crippen LogP contribution < -0.4 is 5.32 Å². The minimum Gasteiger partial charge on any atom is -0.373 e. The lowest BCUT2D eigenvalue weighted by atomic mass is 9.88. The zero-order valence-corrected chi connectivity index (χ0v) is 16.5. The average molecular weight is 375 g/mol. The van der Waals surface area contributed by atoms with Gasteiger partial charge in [0.05, 0.1) is 0 Å². The van der Waals surface area contributed by atoms with Gasteiger partial charge in [0, 0.05) is 43.1 Å². The van der Waals surface area contributed by atoms with Crippen LogP contribution in [0, 0.1) is 12.8 Å². The van der Waals surface area contributed by atoms with Crippen LogP contribution in [0.3, 0.4) is 0 Å². The van der Waals surface area contributed by atoms with Crippen LogP contribution in [0.4, 0.5) is 4.39 Å². The van der Waals surface area contributed by atoms with Crippen molar-refractivity contribution in [3.05, 3.63) is 76.4 Å². The summed E-state index contributed by atoms with van der Waals surface area (Å²) in [5, 5.41) is 3.30. The predicted molar refractivity (Wildman–Crippen MR) is 115 cm³/mol. The Balaban J connectivity index is 1.73. The Morgan fingerprint density at radius 3 is 2.71 bits per heavy atom. The highest BCUT2D eigenvalue weighted by Crippen LogP contribution is 2.32. The van der Waals surface area contributed by atoms with Crippen LogP contribution in [0.2, 0.25) is 0 Å². The highest BCUT2D eigenvalue weighted by Gasteiger charge is 2.19. The summed E-state index contributed by atoms with van der Waals surface area (Å²) in [5.74, 6) is 1.11. The van der Waals surface area contributed by atoms with Crippen molar-refractivity contribution < 1.29 is 4.39 Å². The quantitative estimate of drug-likeness (QED) is 0.735. The van der Waals surface area contributed by atoms with Crippen molar-refractivity contribution in [3.8, 4) is 0 Å². The first-order chi connectivity index (χ1) is 13.7. The Bertz CT molecular complexity index is 960. The first-order valence-corrected chi connectivity index (χ1v) is 10.00. The molecule has 28 heavy (non-hydrogen) atoms. The zero-order chi connectivity index (χ0) is 19.5. The van der Waals surface area contributed by atoms with E-state index in [1.807, 2.05) is 25.5 Å². The van der Waals surface area contributed by atoms with E-state index in [0.29, 0.717) is 6.42 Å². The molecule has 0 bridgehead atoms. The minimum absolute atomic E-state index is 0.0315. The number of halogens is 1. The van der Waals surface area contributed by atoms with E-state index in [-0.39, 0.29) is 11.7 Å². The van der Waals surface area contributed by atoms with Gasteiger partial charge in [-0.1, -0.05) is 24.3 Å². The number of nitrogens with zero attached hydrogens (tertiary/aromatic N) is 2. The van der Waals surface area contributed by atoms with Gasteiger partial charge in [-0.2, -0.15) is 0 Å². The number of allylic oxidation sites excluding steroid dienone is 7. The minimum atomic E-state index is -0.0315. The van der Waals surface area contributed by atoms with Gasteiger partial charge in [0.1, 0.15) is 11.7 Å².